The molecule has 19 heavy (non-hydrogen) atoms. The Morgan fingerprint density at radius 2 is 2.21 bits per heavy atom. The van der Waals surface area contributed by atoms with Gasteiger partial charge in [-0.1, -0.05) is 5.21 Å². The fourth-order valence-corrected chi connectivity index (χ4v) is 1.44. The van der Waals surface area contributed by atoms with E-state index >= 15 is 0 Å². The zero-order valence-electron chi connectivity index (χ0n) is 10.6. The number of rotatable bonds is 6. The maximum atomic E-state index is 11.4. The van der Waals surface area contributed by atoms with Gasteiger partial charge >= 0.3 is 0 Å². The lowest BCUT2D eigenvalue weighted by Crippen LogP contribution is -2.27. The van der Waals surface area contributed by atoms with E-state index in [4.69, 9.17) is 4.74 Å². The smallest absolute Gasteiger partial charge is 0.246 e. The number of ether oxygens (including phenoxy) is 1. The fourth-order valence-electron chi connectivity index (χ4n) is 1.44. The lowest BCUT2D eigenvalue weighted by atomic mass is 10.4. The molecule has 1 amide bonds. The summed E-state index contributed by atoms with van der Waals surface area (Å²) in [6.07, 6.45) is 5.12. The van der Waals surface area contributed by atoms with Crippen LogP contribution in [0.25, 0.3) is 5.69 Å². The summed E-state index contributed by atoms with van der Waals surface area (Å²) in [4.78, 5) is 15.3. The third-order valence-electron chi connectivity index (χ3n) is 2.37. The number of hydrogen-bond acceptors (Lipinski definition) is 5. The summed E-state index contributed by atoms with van der Waals surface area (Å²) >= 11 is 0. The van der Waals surface area contributed by atoms with Crippen molar-refractivity contribution >= 4 is 5.91 Å². The first kappa shape index (κ1) is 13.2. The summed E-state index contributed by atoms with van der Waals surface area (Å²) in [6, 6.07) is 3.65. The predicted octanol–water partition coefficient (Wildman–Crippen LogP) is 0.315. The first-order valence-electron chi connectivity index (χ1n) is 5.95. The van der Waals surface area contributed by atoms with Crippen molar-refractivity contribution in [3.63, 3.8) is 0 Å². The molecule has 7 nitrogen and oxygen atoms in total. The molecule has 100 valence electrons. The highest BCUT2D eigenvalue weighted by Gasteiger charge is 2.05. The third-order valence-corrected chi connectivity index (χ3v) is 2.37. The Morgan fingerprint density at radius 3 is 2.95 bits per heavy atom. The van der Waals surface area contributed by atoms with E-state index in [1.807, 2.05) is 19.1 Å². The zero-order chi connectivity index (χ0) is 13.5. The summed E-state index contributed by atoms with van der Waals surface area (Å²) in [5.41, 5.74) is 1.55. The van der Waals surface area contributed by atoms with E-state index < -0.39 is 0 Å². The molecule has 2 aromatic rings. The minimum absolute atomic E-state index is 0.0645. The number of hydrogen-bond donors (Lipinski definition) is 1. The van der Waals surface area contributed by atoms with Crippen molar-refractivity contribution < 1.29 is 9.53 Å². The Balaban J connectivity index is 1.90. The van der Waals surface area contributed by atoms with Crippen LogP contribution >= 0.6 is 0 Å². The normalized spacial score (nSPS) is 10.4. The molecule has 2 rings (SSSR count). The van der Waals surface area contributed by atoms with Crippen LogP contribution in [0, 0.1) is 0 Å². The van der Waals surface area contributed by atoms with Crippen molar-refractivity contribution in [1.29, 1.82) is 0 Å². The summed E-state index contributed by atoms with van der Waals surface area (Å²) in [5, 5.41) is 10.7. The van der Waals surface area contributed by atoms with Gasteiger partial charge in [-0.3, -0.25) is 9.78 Å². The Kier molecular flexibility index (Phi) is 4.57. The van der Waals surface area contributed by atoms with E-state index in [2.05, 4.69) is 20.6 Å². The second kappa shape index (κ2) is 6.60. The molecule has 0 spiro atoms. The number of nitrogens with one attached hydrogen (secondary N) is 1. The van der Waals surface area contributed by atoms with Crippen molar-refractivity contribution in [2.75, 3.05) is 13.2 Å². The molecule has 0 saturated carbocycles. The van der Waals surface area contributed by atoms with Crippen LogP contribution in [0.1, 0.15) is 12.6 Å². The molecule has 7 heteroatoms. The van der Waals surface area contributed by atoms with Gasteiger partial charge in [0.1, 0.15) is 12.3 Å². The molecule has 2 aromatic heterocycles. The topological polar surface area (TPSA) is 81.9 Å². The highest BCUT2D eigenvalue weighted by Crippen LogP contribution is 2.04. The molecule has 1 N–H and O–H groups in total. The molecule has 0 radical (unpaired) electrons. The second-order valence-corrected chi connectivity index (χ2v) is 3.77. The molecule has 0 aliphatic heterocycles. The molecular weight excluding hydrogens is 246 g/mol. The molecule has 0 aliphatic rings. The van der Waals surface area contributed by atoms with Gasteiger partial charge in [0.25, 0.3) is 0 Å². The predicted molar refractivity (Wildman–Crippen MR) is 67.5 cm³/mol. The van der Waals surface area contributed by atoms with E-state index in [9.17, 15) is 4.79 Å². The first-order chi connectivity index (χ1) is 9.29. The van der Waals surface area contributed by atoms with Gasteiger partial charge in [0.15, 0.2) is 0 Å². The Labute approximate surface area is 110 Å². The van der Waals surface area contributed by atoms with Crippen LogP contribution in [0.3, 0.4) is 0 Å². The third kappa shape index (κ3) is 3.85. The van der Waals surface area contributed by atoms with Crippen LogP contribution in [-0.4, -0.2) is 39.1 Å². The lowest BCUT2D eigenvalue weighted by Gasteiger charge is -2.02. The van der Waals surface area contributed by atoms with E-state index in [1.54, 1.807) is 23.3 Å². The quantitative estimate of drug-likeness (QED) is 0.809. The summed E-state index contributed by atoms with van der Waals surface area (Å²) in [6.45, 7) is 2.76. The number of carbonyl (C=O) groups is 1. The van der Waals surface area contributed by atoms with Gasteiger partial charge in [-0.2, -0.15) is 0 Å². The molecule has 0 aromatic carbocycles. The minimum atomic E-state index is -0.166. The Morgan fingerprint density at radius 1 is 1.42 bits per heavy atom. The van der Waals surface area contributed by atoms with Gasteiger partial charge in [0, 0.05) is 19.0 Å². The van der Waals surface area contributed by atoms with Crippen LogP contribution in [0.15, 0.2) is 30.7 Å². The molecule has 0 saturated heterocycles. The average molecular weight is 261 g/mol. The van der Waals surface area contributed by atoms with Crippen molar-refractivity contribution in [3.05, 3.63) is 36.4 Å². The number of carbonyl (C=O) groups excluding carboxylic acids is 1. The number of nitrogens with zero attached hydrogens (tertiary/aromatic N) is 4. The summed E-state index contributed by atoms with van der Waals surface area (Å²) < 4.78 is 6.63. The standard InChI is InChI=1S/C12H15N5O2/c1-2-19-9-12(18)14-7-10-8-17(16-15-10)11-3-5-13-6-4-11/h3-6,8H,2,7,9H2,1H3,(H,14,18). The molecule has 0 fully saturated rings. The van der Waals surface area contributed by atoms with E-state index in [0.717, 1.165) is 5.69 Å². The maximum absolute atomic E-state index is 11.4. The number of aromatic nitrogens is 4. The molecule has 0 atom stereocenters. The monoisotopic (exact) mass is 261 g/mol. The van der Waals surface area contributed by atoms with E-state index in [1.165, 1.54) is 0 Å². The highest BCUT2D eigenvalue weighted by molar-refractivity contribution is 5.77. The van der Waals surface area contributed by atoms with Crippen molar-refractivity contribution in [2.24, 2.45) is 0 Å². The maximum Gasteiger partial charge on any atom is 0.246 e. The number of amides is 1. The van der Waals surface area contributed by atoms with Crippen LogP contribution in [-0.2, 0) is 16.1 Å². The van der Waals surface area contributed by atoms with Crippen molar-refractivity contribution in [1.82, 2.24) is 25.3 Å². The largest absolute Gasteiger partial charge is 0.372 e. The van der Waals surface area contributed by atoms with Gasteiger partial charge in [-0.15, -0.1) is 5.10 Å². The van der Waals surface area contributed by atoms with E-state index in [0.29, 0.717) is 18.8 Å². The number of pyridine rings is 1. The summed E-state index contributed by atoms with van der Waals surface area (Å²) in [5.74, 6) is -0.166. The summed E-state index contributed by atoms with van der Waals surface area (Å²) in [7, 11) is 0. The highest BCUT2D eigenvalue weighted by atomic mass is 16.5. The molecule has 0 bridgehead atoms. The van der Waals surface area contributed by atoms with Crippen LogP contribution in [0.4, 0.5) is 0 Å². The van der Waals surface area contributed by atoms with Gasteiger partial charge in [-0.25, -0.2) is 4.68 Å². The van der Waals surface area contributed by atoms with Crippen LogP contribution < -0.4 is 5.32 Å². The van der Waals surface area contributed by atoms with Gasteiger partial charge in [0.2, 0.25) is 5.91 Å². The molecule has 0 unspecified atom stereocenters. The molecule has 0 aliphatic carbocycles. The second-order valence-electron chi connectivity index (χ2n) is 3.77. The average Bonchev–Trinajstić information content (AvgIpc) is 2.93. The fraction of sp³-hybridized carbons (Fsp3) is 0.333. The van der Waals surface area contributed by atoms with Crippen LogP contribution in [0.2, 0.25) is 0 Å². The van der Waals surface area contributed by atoms with Gasteiger partial charge in [-0.05, 0) is 19.1 Å². The molecular formula is C12H15N5O2. The Bertz CT molecular complexity index is 526. The SMILES string of the molecule is CCOCC(=O)NCc1cn(-c2ccncc2)nn1. The lowest BCUT2D eigenvalue weighted by molar-refractivity contribution is -0.125. The van der Waals surface area contributed by atoms with E-state index in [-0.39, 0.29) is 12.5 Å². The minimum Gasteiger partial charge on any atom is -0.372 e. The first-order valence-corrected chi connectivity index (χ1v) is 5.95. The molecule has 2 heterocycles. The van der Waals surface area contributed by atoms with Gasteiger partial charge in [0.05, 0.1) is 18.4 Å². The Hall–Kier alpha value is -2.28. The van der Waals surface area contributed by atoms with Crippen LogP contribution in [0.5, 0.6) is 0 Å². The van der Waals surface area contributed by atoms with Crippen molar-refractivity contribution in [3.8, 4) is 5.69 Å². The van der Waals surface area contributed by atoms with Gasteiger partial charge < -0.3 is 10.1 Å². The zero-order valence-corrected chi connectivity index (χ0v) is 10.6. The van der Waals surface area contributed by atoms with Crippen molar-refractivity contribution in [2.45, 2.75) is 13.5 Å².